The SMILES string of the molecule is C=NCC1(NC(=O)[C@@H]2C[C@@H](S(=O)(=O)c3ccc(F)cc3C(F)(F)F)C[C@H]2C(=O)N2CC(F)(F)C2)CC1. The van der Waals surface area contributed by atoms with E-state index in [1.165, 1.54) is 0 Å². The molecule has 0 radical (unpaired) electrons. The second kappa shape index (κ2) is 8.73. The van der Waals surface area contributed by atoms with Crippen LogP contribution in [0.25, 0.3) is 0 Å². The van der Waals surface area contributed by atoms with Gasteiger partial charge < -0.3 is 10.2 Å². The molecule has 2 amide bonds. The summed E-state index contributed by atoms with van der Waals surface area (Å²) in [5.41, 5.74) is -2.40. The highest BCUT2D eigenvalue weighted by Crippen LogP contribution is 2.45. The first kappa shape index (κ1) is 26.4. The Morgan fingerprint density at radius 2 is 1.75 bits per heavy atom. The van der Waals surface area contributed by atoms with Crippen molar-refractivity contribution in [3.63, 3.8) is 0 Å². The minimum Gasteiger partial charge on any atom is -0.349 e. The lowest BCUT2D eigenvalue weighted by molar-refractivity contribution is -0.171. The smallest absolute Gasteiger partial charge is 0.349 e. The van der Waals surface area contributed by atoms with E-state index in [0.717, 1.165) is 4.90 Å². The van der Waals surface area contributed by atoms with E-state index in [2.05, 4.69) is 17.0 Å². The summed E-state index contributed by atoms with van der Waals surface area (Å²) in [5.74, 6) is -8.56. The molecule has 198 valence electrons. The van der Waals surface area contributed by atoms with Crippen LogP contribution in [-0.4, -0.2) is 68.2 Å². The summed E-state index contributed by atoms with van der Waals surface area (Å²) in [4.78, 5) is 29.5. The van der Waals surface area contributed by atoms with Crippen molar-refractivity contribution in [2.24, 2.45) is 16.8 Å². The molecule has 7 nitrogen and oxygen atoms in total. The van der Waals surface area contributed by atoms with Gasteiger partial charge in [-0.05, 0) is 50.6 Å². The Morgan fingerprint density at radius 1 is 1.14 bits per heavy atom. The maximum atomic E-state index is 13.5. The number of aliphatic imine (C=N–C) groups is 1. The Balaban J connectivity index is 1.65. The Labute approximate surface area is 202 Å². The van der Waals surface area contributed by atoms with Gasteiger partial charge in [0.1, 0.15) is 5.82 Å². The lowest BCUT2D eigenvalue weighted by Gasteiger charge is -2.40. The maximum Gasteiger partial charge on any atom is 0.417 e. The van der Waals surface area contributed by atoms with Crippen LogP contribution < -0.4 is 5.32 Å². The molecule has 1 saturated heterocycles. The fourth-order valence-corrected chi connectivity index (χ4v) is 6.92. The lowest BCUT2D eigenvalue weighted by atomic mass is 9.92. The third-order valence-corrected chi connectivity index (χ3v) is 9.21. The average molecular weight is 539 g/mol. The highest BCUT2D eigenvalue weighted by Gasteiger charge is 2.55. The summed E-state index contributed by atoms with van der Waals surface area (Å²) >= 11 is 0. The Morgan fingerprint density at radius 3 is 2.28 bits per heavy atom. The van der Waals surface area contributed by atoms with Gasteiger partial charge in [0.25, 0.3) is 5.92 Å². The molecule has 1 aromatic carbocycles. The van der Waals surface area contributed by atoms with Crippen LogP contribution in [0.5, 0.6) is 0 Å². The zero-order chi connectivity index (χ0) is 26.7. The normalized spacial score (nSPS) is 26.7. The molecule has 14 heteroatoms. The predicted octanol–water partition coefficient (Wildman–Crippen LogP) is 2.84. The molecule has 3 atom stereocenters. The van der Waals surface area contributed by atoms with Crippen molar-refractivity contribution in [1.29, 1.82) is 0 Å². The van der Waals surface area contributed by atoms with Crippen molar-refractivity contribution in [3.8, 4) is 0 Å². The minimum absolute atomic E-state index is 0.0654. The van der Waals surface area contributed by atoms with Gasteiger partial charge in [0, 0.05) is 0 Å². The molecule has 36 heavy (non-hydrogen) atoms. The molecule has 0 bridgehead atoms. The molecule has 3 aliphatic rings. The number of nitrogens with one attached hydrogen (secondary N) is 1. The van der Waals surface area contributed by atoms with Crippen LogP contribution in [0.1, 0.15) is 31.2 Å². The van der Waals surface area contributed by atoms with E-state index in [1.807, 2.05) is 0 Å². The van der Waals surface area contributed by atoms with E-state index < -0.39 is 98.6 Å². The predicted molar refractivity (Wildman–Crippen MR) is 115 cm³/mol. The summed E-state index contributed by atoms with van der Waals surface area (Å²) in [7, 11) is -4.79. The molecule has 1 aliphatic heterocycles. The van der Waals surface area contributed by atoms with Gasteiger partial charge in [-0.2, -0.15) is 13.2 Å². The minimum atomic E-state index is -5.19. The Bertz CT molecular complexity index is 1190. The number of likely N-dealkylation sites (tertiary alicyclic amines) is 1. The van der Waals surface area contributed by atoms with Gasteiger partial charge in [-0.3, -0.25) is 14.6 Å². The van der Waals surface area contributed by atoms with Crippen LogP contribution in [0.4, 0.5) is 26.3 Å². The number of amides is 2. The van der Waals surface area contributed by atoms with E-state index in [0.29, 0.717) is 25.0 Å². The standard InChI is InChI=1S/C22H23F6N3O4S/c1-29-9-20(4-5-20)30-18(32)14-7-13(8-15(14)19(33)31-10-21(24,25)11-31)36(34,35)17-3-2-12(23)6-16(17)22(26,27)28/h2-3,6,13-15H,1,4-5,7-11H2,(H,30,32)/t13-,14-,15-/m1/s1. The number of hydrogen-bond acceptors (Lipinski definition) is 5. The molecular formula is C22H23F6N3O4S. The second-order valence-corrected chi connectivity index (χ2v) is 11.9. The molecule has 0 aromatic heterocycles. The number of carbonyl (C=O) groups excluding carboxylic acids is 2. The molecular weight excluding hydrogens is 516 g/mol. The third kappa shape index (κ3) is 4.96. The fourth-order valence-electron chi connectivity index (χ4n) is 4.90. The van der Waals surface area contributed by atoms with Crippen LogP contribution in [0.3, 0.4) is 0 Å². The molecule has 0 unspecified atom stereocenters. The first-order chi connectivity index (χ1) is 16.6. The summed E-state index contributed by atoms with van der Waals surface area (Å²) in [6.45, 7) is 1.76. The highest BCUT2D eigenvalue weighted by atomic mass is 32.2. The summed E-state index contributed by atoms with van der Waals surface area (Å²) in [6, 6.07) is 1.14. The number of nitrogens with zero attached hydrogens (tertiary/aromatic N) is 2. The van der Waals surface area contributed by atoms with Gasteiger partial charge >= 0.3 is 6.18 Å². The molecule has 2 saturated carbocycles. The molecule has 4 rings (SSSR count). The Hall–Kier alpha value is -2.64. The van der Waals surface area contributed by atoms with Crippen molar-refractivity contribution in [3.05, 3.63) is 29.6 Å². The largest absolute Gasteiger partial charge is 0.417 e. The van der Waals surface area contributed by atoms with Crippen LogP contribution in [0.2, 0.25) is 0 Å². The van der Waals surface area contributed by atoms with Gasteiger partial charge in [0.15, 0.2) is 9.84 Å². The first-order valence-electron chi connectivity index (χ1n) is 11.1. The summed E-state index contributed by atoms with van der Waals surface area (Å²) in [6.07, 6.45) is -5.10. The van der Waals surface area contributed by atoms with Crippen LogP contribution >= 0.6 is 0 Å². The Kier molecular flexibility index (Phi) is 6.41. The monoisotopic (exact) mass is 539 g/mol. The van der Waals surface area contributed by atoms with E-state index in [-0.39, 0.29) is 12.6 Å². The van der Waals surface area contributed by atoms with Gasteiger partial charge in [-0.25, -0.2) is 21.6 Å². The van der Waals surface area contributed by atoms with Crippen molar-refractivity contribution in [2.75, 3.05) is 19.6 Å². The number of sulfone groups is 1. The van der Waals surface area contributed by atoms with Crippen LogP contribution in [0.15, 0.2) is 28.1 Å². The van der Waals surface area contributed by atoms with E-state index in [4.69, 9.17) is 0 Å². The zero-order valence-corrected chi connectivity index (χ0v) is 19.6. The zero-order valence-electron chi connectivity index (χ0n) is 18.8. The lowest BCUT2D eigenvalue weighted by Crippen LogP contribution is -2.60. The molecule has 0 spiro atoms. The fraction of sp³-hybridized carbons (Fsp3) is 0.591. The second-order valence-electron chi connectivity index (χ2n) is 9.69. The maximum absolute atomic E-state index is 13.5. The number of benzene rings is 1. The number of rotatable bonds is 7. The quantitative estimate of drug-likeness (QED) is 0.328. The van der Waals surface area contributed by atoms with E-state index in [9.17, 15) is 44.3 Å². The molecule has 1 N–H and O–H groups in total. The average Bonchev–Trinajstić information content (AvgIpc) is 3.33. The van der Waals surface area contributed by atoms with E-state index in [1.54, 1.807) is 0 Å². The molecule has 1 aromatic rings. The van der Waals surface area contributed by atoms with E-state index >= 15 is 0 Å². The molecule has 1 heterocycles. The van der Waals surface area contributed by atoms with Gasteiger partial charge in [-0.15, -0.1) is 0 Å². The first-order valence-corrected chi connectivity index (χ1v) is 12.6. The van der Waals surface area contributed by atoms with Crippen molar-refractivity contribution >= 4 is 28.4 Å². The molecule has 3 fully saturated rings. The van der Waals surface area contributed by atoms with Crippen LogP contribution in [-0.2, 0) is 25.6 Å². The summed E-state index contributed by atoms with van der Waals surface area (Å²) < 4.78 is 107. The number of alkyl halides is 5. The van der Waals surface area contributed by atoms with Crippen molar-refractivity contribution in [1.82, 2.24) is 10.2 Å². The topological polar surface area (TPSA) is 95.9 Å². The van der Waals surface area contributed by atoms with Crippen LogP contribution in [0, 0.1) is 17.7 Å². The van der Waals surface area contributed by atoms with Gasteiger partial charge in [0.2, 0.25) is 11.8 Å². The van der Waals surface area contributed by atoms with Crippen molar-refractivity contribution in [2.45, 2.75) is 53.5 Å². The highest BCUT2D eigenvalue weighted by molar-refractivity contribution is 7.92. The number of hydrogen-bond donors (Lipinski definition) is 1. The number of halogens is 6. The van der Waals surface area contributed by atoms with Gasteiger partial charge in [0.05, 0.1) is 52.7 Å². The van der Waals surface area contributed by atoms with Gasteiger partial charge in [-0.1, -0.05) is 0 Å². The third-order valence-electron chi connectivity index (χ3n) is 6.98. The molecule has 2 aliphatic carbocycles. The van der Waals surface area contributed by atoms with Crippen molar-refractivity contribution < 1.29 is 44.3 Å². The number of carbonyl (C=O) groups is 2. The summed E-state index contributed by atoms with van der Waals surface area (Å²) in [5, 5.41) is 1.13.